The maximum absolute atomic E-state index is 12.9. The standard InChI is InChI=1S/C17H32N2O8/c1-11(26-13(3)24-9-7-20)18-15(22)17(5,6)19(16(18)23)12(2)27-14(4)25-10-8-21/h11-14,20-21H,7-10H2,1-6H3. The third kappa shape index (κ3) is 5.84. The molecule has 158 valence electrons. The molecule has 10 heteroatoms. The highest BCUT2D eigenvalue weighted by Crippen LogP contribution is 2.32. The second kappa shape index (κ2) is 10.3. The molecule has 1 rings (SSSR count). The Morgan fingerprint density at radius 2 is 1.33 bits per heavy atom. The Hall–Kier alpha value is -1.30. The Kier molecular flexibility index (Phi) is 9.06. The Morgan fingerprint density at radius 1 is 0.889 bits per heavy atom. The number of hydrogen-bond donors (Lipinski definition) is 2. The van der Waals surface area contributed by atoms with Crippen LogP contribution in [0.3, 0.4) is 0 Å². The van der Waals surface area contributed by atoms with Crippen LogP contribution in [0.25, 0.3) is 0 Å². The van der Waals surface area contributed by atoms with Gasteiger partial charge in [-0.05, 0) is 41.5 Å². The molecule has 1 aliphatic heterocycles. The highest BCUT2D eigenvalue weighted by atomic mass is 16.7. The molecular formula is C17H32N2O8. The van der Waals surface area contributed by atoms with Crippen LogP contribution >= 0.6 is 0 Å². The number of amides is 3. The van der Waals surface area contributed by atoms with Gasteiger partial charge >= 0.3 is 6.03 Å². The molecule has 10 nitrogen and oxygen atoms in total. The lowest BCUT2D eigenvalue weighted by Crippen LogP contribution is -2.50. The van der Waals surface area contributed by atoms with Crippen molar-refractivity contribution in [3.8, 4) is 0 Å². The molecule has 1 saturated heterocycles. The zero-order chi connectivity index (χ0) is 20.8. The van der Waals surface area contributed by atoms with E-state index in [1.807, 2.05) is 0 Å². The minimum absolute atomic E-state index is 0.0873. The summed E-state index contributed by atoms with van der Waals surface area (Å²) < 4.78 is 21.7. The van der Waals surface area contributed by atoms with Crippen LogP contribution in [0.15, 0.2) is 0 Å². The minimum Gasteiger partial charge on any atom is -0.394 e. The van der Waals surface area contributed by atoms with Crippen LogP contribution in [0.5, 0.6) is 0 Å². The molecule has 4 atom stereocenters. The van der Waals surface area contributed by atoms with Gasteiger partial charge in [0.05, 0.1) is 26.4 Å². The Bertz CT molecular complexity index is 501. The number of ether oxygens (including phenoxy) is 4. The van der Waals surface area contributed by atoms with E-state index in [1.165, 1.54) is 4.90 Å². The van der Waals surface area contributed by atoms with Gasteiger partial charge in [0.1, 0.15) is 18.0 Å². The van der Waals surface area contributed by atoms with Gasteiger partial charge in [-0.15, -0.1) is 0 Å². The first-order chi connectivity index (χ1) is 12.6. The molecule has 1 aliphatic rings. The second-order valence-corrected chi connectivity index (χ2v) is 6.68. The number of imide groups is 1. The summed E-state index contributed by atoms with van der Waals surface area (Å²) in [6, 6.07) is -0.547. The van der Waals surface area contributed by atoms with E-state index in [0.29, 0.717) is 0 Å². The van der Waals surface area contributed by atoms with E-state index in [4.69, 9.17) is 29.2 Å². The Labute approximate surface area is 159 Å². The normalized spacial score (nSPS) is 21.5. The van der Waals surface area contributed by atoms with Gasteiger partial charge in [0.15, 0.2) is 12.6 Å². The molecule has 3 amide bonds. The van der Waals surface area contributed by atoms with Crippen molar-refractivity contribution in [3.05, 3.63) is 0 Å². The summed E-state index contributed by atoms with van der Waals surface area (Å²) in [7, 11) is 0. The zero-order valence-electron chi connectivity index (χ0n) is 16.9. The van der Waals surface area contributed by atoms with E-state index in [9.17, 15) is 9.59 Å². The van der Waals surface area contributed by atoms with Crippen LogP contribution < -0.4 is 0 Å². The maximum Gasteiger partial charge on any atom is 0.331 e. The van der Waals surface area contributed by atoms with Crippen LogP contribution in [0, 0.1) is 0 Å². The summed E-state index contributed by atoms with van der Waals surface area (Å²) in [5.41, 5.74) is -1.14. The molecule has 0 bridgehead atoms. The second-order valence-electron chi connectivity index (χ2n) is 6.68. The van der Waals surface area contributed by atoms with Crippen molar-refractivity contribution in [1.82, 2.24) is 9.80 Å². The predicted molar refractivity (Wildman–Crippen MR) is 94.3 cm³/mol. The number of urea groups is 1. The lowest BCUT2D eigenvalue weighted by molar-refractivity contribution is -0.194. The first-order valence-electron chi connectivity index (χ1n) is 9.00. The van der Waals surface area contributed by atoms with Crippen LogP contribution in [0.1, 0.15) is 41.5 Å². The smallest absolute Gasteiger partial charge is 0.331 e. The van der Waals surface area contributed by atoms with E-state index in [1.54, 1.807) is 41.5 Å². The lowest BCUT2D eigenvalue weighted by Gasteiger charge is -2.34. The van der Waals surface area contributed by atoms with Gasteiger partial charge < -0.3 is 29.2 Å². The number of carbonyl (C=O) groups excluding carboxylic acids is 2. The summed E-state index contributed by atoms with van der Waals surface area (Å²) >= 11 is 0. The van der Waals surface area contributed by atoms with Crippen molar-refractivity contribution in [2.45, 2.75) is 72.1 Å². The van der Waals surface area contributed by atoms with E-state index in [0.717, 1.165) is 4.90 Å². The molecule has 1 heterocycles. The topological polar surface area (TPSA) is 118 Å². The highest BCUT2D eigenvalue weighted by molar-refractivity contribution is 6.06. The number of aliphatic hydroxyl groups is 2. The van der Waals surface area contributed by atoms with Crippen LogP contribution in [0.2, 0.25) is 0 Å². The van der Waals surface area contributed by atoms with E-state index in [-0.39, 0.29) is 26.4 Å². The van der Waals surface area contributed by atoms with Crippen LogP contribution in [-0.2, 0) is 23.7 Å². The summed E-state index contributed by atoms with van der Waals surface area (Å²) in [6.07, 6.45) is -2.98. The monoisotopic (exact) mass is 392 g/mol. The molecule has 1 fully saturated rings. The average Bonchev–Trinajstić information content (AvgIpc) is 2.75. The van der Waals surface area contributed by atoms with E-state index < -0.39 is 42.5 Å². The van der Waals surface area contributed by atoms with Crippen molar-refractivity contribution >= 4 is 11.9 Å². The fourth-order valence-corrected chi connectivity index (χ4v) is 2.96. The van der Waals surface area contributed by atoms with Gasteiger partial charge in [-0.3, -0.25) is 9.69 Å². The number of carbonyl (C=O) groups is 2. The van der Waals surface area contributed by atoms with Gasteiger partial charge in [-0.2, -0.15) is 0 Å². The molecule has 0 aromatic heterocycles. The van der Waals surface area contributed by atoms with E-state index in [2.05, 4.69) is 0 Å². The van der Waals surface area contributed by atoms with Crippen molar-refractivity contribution in [1.29, 1.82) is 0 Å². The third-order valence-electron chi connectivity index (χ3n) is 4.15. The molecular weight excluding hydrogens is 360 g/mol. The lowest BCUT2D eigenvalue weighted by atomic mass is 10.0. The molecule has 0 saturated carbocycles. The largest absolute Gasteiger partial charge is 0.394 e. The average molecular weight is 392 g/mol. The molecule has 0 radical (unpaired) electrons. The predicted octanol–water partition coefficient (Wildman–Crippen LogP) is 0.464. The van der Waals surface area contributed by atoms with Gasteiger partial charge in [-0.1, -0.05) is 0 Å². The quantitative estimate of drug-likeness (QED) is 0.363. The van der Waals surface area contributed by atoms with E-state index >= 15 is 0 Å². The number of nitrogens with zero attached hydrogens (tertiary/aromatic N) is 2. The van der Waals surface area contributed by atoms with Crippen molar-refractivity contribution in [2.24, 2.45) is 0 Å². The van der Waals surface area contributed by atoms with Crippen molar-refractivity contribution in [2.75, 3.05) is 26.4 Å². The molecule has 0 spiro atoms. The number of aliphatic hydroxyl groups excluding tert-OH is 2. The third-order valence-corrected chi connectivity index (χ3v) is 4.15. The maximum atomic E-state index is 12.9. The Balaban J connectivity index is 2.84. The SMILES string of the molecule is CC(OCCO)OC(C)N1C(=O)N(C(C)OC(C)OCCO)C(C)(C)C1=O. The van der Waals surface area contributed by atoms with Crippen LogP contribution in [-0.4, -0.2) is 89.0 Å². The summed E-state index contributed by atoms with van der Waals surface area (Å²) in [5, 5.41) is 17.6. The van der Waals surface area contributed by atoms with Gasteiger partial charge in [0.2, 0.25) is 0 Å². The number of hydrogen-bond acceptors (Lipinski definition) is 8. The van der Waals surface area contributed by atoms with Crippen LogP contribution in [0.4, 0.5) is 4.79 Å². The first-order valence-corrected chi connectivity index (χ1v) is 9.00. The molecule has 0 aromatic rings. The fourth-order valence-electron chi connectivity index (χ4n) is 2.96. The molecule has 27 heavy (non-hydrogen) atoms. The minimum atomic E-state index is -1.14. The van der Waals surface area contributed by atoms with Crippen molar-refractivity contribution in [3.63, 3.8) is 0 Å². The molecule has 4 unspecified atom stereocenters. The molecule has 0 aliphatic carbocycles. The first kappa shape index (κ1) is 23.7. The fraction of sp³-hybridized carbons (Fsp3) is 0.882. The van der Waals surface area contributed by atoms with Gasteiger partial charge in [0.25, 0.3) is 5.91 Å². The van der Waals surface area contributed by atoms with Gasteiger partial charge in [0, 0.05) is 0 Å². The molecule has 2 N–H and O–H groups in total. The van der Waals surface area contributed by atoms with Crippen molar-refractivity contribution < 1.29 is 38.7 Å². The Morgan fingerprint density at radius 3 is 1.78 bits per heavy atom. The zero-order valence-corrected chi connectivity index (χ0v) is 16.9. The van der Waals surface area contributed by atoms with Gasteiger partial charge in [-0.25, -0.2) is 9.69 Å². The molecule has 0 aromatic carbocycles. The summed E-state index contributed by atoms with van der Waals surface area (Å²) in [4.78, 5) is 28.1. The highest BCUT2D eigenvalue weighted by Gasteiger charge is 2.55. The number of rotatable bonds is 12. The summed E-state index contributed by atoms with van der Waals surface area (Å²) in [5.74, 6) is -0.422. The summed E-state index contributed by atoms with van der Waals surface area (Å²) in [6.45, 7) is 9.63.